The Morgan fingerprint density at radius 3 is 2.44 bits per heavy atom. The van der Waals surface area contributed by atoms with Crippen LogP contribution in [0.25, 0.3) is 0 Å². The molecule has 0 aliphatic carbocycles. The second kappa shape index (κ2) is 13.6. The molecular formula is C21H39Cl2NO2S. The average molecular weight is 441 g/mol. The predicted octanol–water partition coefficient (Wildman–Crippen LogP) is 6.16. The van der Waals surface area contributed by atoms with E-state index in [-0.39, 0.29) is 23.6 Å². The zero-order valence-corrected chi connectivity index (χ0v) is 20.0. The van der Waals surface area contributed by atoms with E-state index in [0.717, 1.165) is 62.3 Å². The monoisotopic (exact) mass is 439 g/mol. The van der Waals surface area contributed by atoms with Gasteiger partial charge in [0.15, 0.2) is 0 Å². The first-order valence-corrected chi connectivity index (χ1v) is 12.8. The Hall–Kier alpha value is 0.360. The molecule has 1 aliphatic rings. The fourth-order valence-corrected chi connectivity index (χ4v) is 4.90. The molecule has 3 atom stereocenters. The van der Waals surface area contributed by atoms with Gasteiger partial charge >= 0.3 is 0 Å². The van der Waals surface area contributed by atoms with Crippen LogP contribution in [0, 0.1) is 11.3 Å². The van der Waals surface area contributed by atoms with Crippen molar-refractivity contribution in [3.8, 4) is 0 Å². The Morgan fingerprint density at radius 1 is 1.19 bits per heavy atom. The van der Waals surface area contributed by atoms with E-state index in [0.29, 0.717) is 18.4 Å². The summed E-state index contributed by atoms with van der Waals surface area (Å²) in [5.74, 6) is 4.23. The molecule has 0 radical (unpaired) electrons. The van der Waals surface area contributed by atoms with Crippen molar-refractivity contribution in [1.82, 2.24) is 4.90 Å². The van der Waals surface area contributed by atoms with Crippen LogP contribution in [0.1, 0.15) is 72.6 Å². The van der Waals surface area contributed by atoms with E-state index >= 15 is 0 Å². The molecule has 0 aromatic carbocycles. The van der Waals surface area contributed by atoms with Gasteiger partial charge in [-0.2, -0.15) is 11.8 Å². The average Bonchev–Trinajstić information content (AvgIpc) is 3.08. The molecule has 1 rings (SSSR count). The van der Waals surface area contributed by atoms with Crippen LogP contribution in [-0.2, 0) is 9.53 Å². The van der Waals surface area contributed by atoms with Crippen LogP contribution in [0.5, 0.6) is 0 Å². The van der Waals surface area contributed by atoms with Crippen LogP contribution in [0.3, 0.4) is 0 Å². The van der Waals surface area contributed by atoms with Crippen molar-refractivity contribution in [2.75, 3.05) is 29.9 Å². The van der Waals surface area contributed by atoms with Crippen molar-refractivity contribution in [1.29, 1.82) is 0 Å². The molecule has 0 spiro atoms. The van der Waals surface area contributed by atoms with E-state index in [4.69, 9.17) is 27.9 Å². The molecule has 0 unspecified atom stereocenters. The van der Waals surface area contributed by atoms with Crippen molar-refractivity contribution in [2.45, 2.75) is 84.9 Å². The second-order valence-corrected chi connectivity index (χ2v) is 10.1. The zero-order chi connectivity index (χ0) is 20.3. The Bertz CT molecular complexity index is 425. The van der Waals surface area contributed by atoms with Crippen molar-refractivity contribution >= 4 is 40.9 Å². The first-order valence-electron chi connectivity index (χ1n) is 10.5. The fourth-order valence-electron chi connectivity index (χ4n) is 3.54. The maximum atomic E-state index is 13.6. The van der Waals surface area contributed by atoms with Crippen LogP contribution in [-0.4, -0.2) is 52.9 Å². The highest BCUT2D eigenvalue weighted by Crippen LogP contribution is 2.36. The molecule has 0 bridgehead atoms. The van der Waals surface area contributed by atoms with Gasteiger partial charge in [-0.25, -0.2) is 0 Å². The summed E-state index contributed by atoms with van der Waals surface area (Å²) < 4.78 is 6.10. The lowest BCUT2D eigenvalue weighted by molar-refractivity contribution is -0.149. The zero-order valence-electron chi connectivity index (χ0n) is 17.6. The molecule has 1 aliphatic heterocycles. The van der Waals surface area contributed by atoms with Gasteiger partial charge in [-0.3, -0.25) is 4.79 Å². The van der Waals surface area contributed by atoms with Gasteiger partial charge in [0.1, 0.15) is 6.23 Å². The lowest BCUT2D eigenvalue weighted by Gasteiger charge is -2.38. The van der Waals surface area contributed by atoms with Crippen LogP contribution in [0.15, 0.2) is 0 Å². The van der Waals surface area contributed by atoms with Gasteiger partial charge in [-0.05, 0) is 49.5 Å². The molecule has 0 aromatic rings. The maximum Gasteiger partial charge on any atom is 0.230 e. The van der Waals surface area contributed by atoms with Gasteiger partial charge < -0.3 is 9.64 Å². The minimum absolute atomic E-state index is 0.0793. The van der Waals surface area contributed by atoms with E-state index in [9.17, 15) is 4.79 Å². The number of thioether (sulfide) groups is 1. The molecule has 1 saturated heterocycles. The van der Waals surface area contributed by atoms with Crippen molar-refractivity contribution < 1.29 is 9.53 Å². The molecule has 160 valence electrons. The van der Waals surface area contributed by atoms with E-state index in [1.54, 1.807) is 0 Å². The van der Waals surface area contributed by atoms with E-state index in [1.807, 2.05) is 11.8 Å². The highest BCUT2D eigenvalue weighted by molar-refractivity contribution is 7.99. The second-order valence-electron chi connectivity index (χ2n) is 8.17. The molecule has 0 aromatic heterocycles. The number of ether oxygens (including phenoxy) is 1. The van der Waals surface area contributed by atoms with Gasteiger partial charge in [0.05, 0.1) is 12.6 Å². The highest BCUT2D eigenvalue weighted by Gasteiger charge is 2.45. The number of alkyl halides is 2. The lowest BCUT2D eigenvalue weighted by atomic mass is 9.80. The van der Waals surface area contributed by atoms with Crippen LogP contribution in [0.4, 0.5) is 0 Å². The van der Waals surface area contributed by atoms with Crippen LogP contribution >= 0.6 is 35.0 Å². The number of hydrogen-bond donors (Lipinski definition) is 0. The number of halogens is 2. The molecule has 1 amide bonds. The third kappa shape index (κ3) is 7.95. The lowest BCUT2D eigenvalue weighted by Crippen LogP contribution is -2.50. The molecule has 0 saturated carbocycles. The quantitative estimate of drug-likeness (QED) is 0.239. The molecule has 0 N–H and O–H groups in total. The summed E-state index contributed by atoms with van der Waals surface area (Å²) in [5, 5.41) is 0. The summed E-state index contributed by atoms with van der Waals surface area (Å²) in [7, 11) is 0. The van der Waals surface area contributed by atoms with Crippen molar-refractivity contribution in [3.05, 3.63) is 0 Å². The molecule has 27 heavy (non-hydrogen) atoms. The minimum Gasteiger partial charge on any atom is -0.356 e. The Kier molecular flexibility index (Phi) is 12.8. The summed E-state index contributed by atoms with van der Waals surface area (Å²) in [4.78, 5) is 15.7. The standard InChI is InChI=1S/C21H39Cl2NO2S/c1-5-21(4,11-6-7-12-22)20(25)24-18(17(2)3)16-26-19(24)10-15-27-14-9-8-13-23/h17-19H,5-16H2,1-4H3/t18-,19-,21-/m1/s1. The number of hydrogen-bond acceptors (Lipinski definition) is 3. The third-order valence-electron chi connectivity index (χ3n) is 5.72. The van der Waals surface area contributed by atoms with E-state index < -0.39 is 0 Å². The molecule has 1 heterocycles. The van der Waals surface area contributed by atoms with Crippen LogP contribution in [0.2, 0.25) is 0 Å². The summed E-state index contributed by atoms with van der Waals surface area (Å²) in [5.41, 5.74) is -0.321. The third-order valence-corrected chi connectivity index (χ3v) is 7.36. The van der Waals surface area contributed by atoms with Gasteiger partial charge in [-0.1, -0.05) is 34.1 Å². The van der Waals surface area contributed by atoms with Crippen LogP contribution < -0.4 is 0 Å². The largest absolute Gasteiger partial charge is 0.356 e. The Balaban J connectivity index is 2.73. The Morgan fingerprint density at radius 2 is 1.85 bits per heavy atom. The number of carbonyl (C=O) groups is 1. The van der Waals surface area contributed by atoms with Crippen molar-refractivity contribution in [2.24, 2.45) is 11.3 Å². The number of carbonyl (C=O) groups excluding carboxylic acids is 1. The fraction of sp³-hybridized carbons (Fsp3) is 0.952. The summed E-state index contributed by atoms with van der Waals surface area (Å²) in [6.07, 6.45) is 6.79. The minimum atomic E-state index is -0.321. The van der Waals surface area contributed by atoms with Gasteiger partial charge in [0.25, 0.3) is 0 Å². The summed E-state index contributed by atoms with van der Waals surface area (Å²) in [6, 6.07) is 0.183. The topological polar surface area (TPSA) is 29.5 Å². The van der Waals surface area contributed by atoms with Gasteiger partial charge in [0, 0.05) is 23.6 Å². The molecular weight excluding hydrogens is 401 g/mol. The highest BCUT2D eigenvalue weighted by atomic mass is 35.5. The number of rotatable bonds is 14. The summed E-state index contributed by atoms with van der Waals surface area (Å²) >= 11 is 13.5. The maximum absolute atomic E-state index is 13.6. The SMILES string of the molecule is CC[C@](C)(CCCCCl)C(=O)N1[C@@H](C(C)C)CO[C@@H]1CCSCCCCCl. The number of nitrogens with zero attached hydrogens (tertiary/aromatic N) is 1. The number of unbranched alkanes of at least 4 members (excludes halogenated alkanes) is 2. The van der Waals surface area contributed by atoms with Gasteiger partial charge in [-0.15, -0.1) is 23.2 Å². The number of amides is 1. The predicted molar refractivity (Wildman–Crippen MR) is 120 cm³/mol. The van der Waals surface area contributed by atoms with E-state index in [1.165, 1.54) is 0 Å². The summed E-state index contributed by atoms with van der Waals surface area (Å²) in [6.45, 7) is 9.29. The van der Waals surface area contributed by atoms with E-state index in [2.05, 4.69) is 32.6 Å². The molecule has 1 fully saturated rings. The van der Waals surface area contributed by atoms with Crippen molar-refractivity contribution in [3.63, 3.8) is 0 Å². The molecule has 3 nitrogen and oxygen atoms in total. The smallest absolute Gasteiger partial charge is 0.230 e. The van der Waals surface area contributed by atoms with Gasteiger partial charge in [0.2, 0.25) is 5.91 Å². The first kappa shape index (κ1) is 25.4. The first-order chi connectivity index (χ1) is 12.9. The Labute approximate surface area is 181 Å². The normalized spacial score (nSPS) is 22.4. The molecule has 6 heteroatoms.